The van der Waals surface area contributed by atoms with Gasteiger partial charge in [0.05, 0.1) is 0 Å². The van der Waals surface area contributed by atoms with Crippen LogP contribution in [0.3, 0.4) is 0 Å². The van der Waals surface area contributed by atoms with E-state index < -0.39 is 17.9 Å². The van der Waals surface area contributed by atoms with Crippen LogP contribution in [0.15, 0.2) is 0 Å². The predicted molar refractivity (Wildman–Crippen MR) is 54.3 cm³/mol. The van der Waals surface area contributed by atoms with Crippen LogP contribution >= 0.6 is 0 Å². The molecule has 1 atom stereocenters. The molecule has 0 spiro atoms. The fourth-order valence-electron chi connectivity index (χ4n) is 1.90. The number of aliphatic carboxylic acids is 1. The summed E-state index contributed by atoms with van der Waals surface area (Å²) in [7, 11) is 0. The first-order valence-electron chi connectivity index (χ1n) is 5.45. The quantitative estimate of drug-likeness (QED) is 0.572. The molecule has 0 bridgehead atoms. The van der Waals surface area contributed by atoms with Gasteiger partial charge in [0.25, 0.3) is 0 Å². The van der Waals surface area contributed by atoms with E-state index in [9.17, 15) is 9.59 Å². The molecule has 0 aliphatic heterocycles. The van der Waals surface area contributed by atoms with Crippen LogP contribution in [-0.4, -0.2) is 23.1 Å². The summed E-state index contributed by atoms with van der Waals surface area (Å²) in [5, 5.41) is 8.89. The summed E-state index contributed by atoms with van der Waals surface area (Å²) in [5.74, 6) is -2.92. The SMILES string of the molecule is CC(C)C(C(=O)O)C(=O)OC1CCCC1. The lowest BCUT2D eigenvalue weighted by Gasteiger charge is -2.18. The zero-order chi connectivity index (χ0) is 11.4. The van der Waals surface area contributed by atoms with E-state index in [1.807, 2.05) is 0 Å². The summed E-state index contributed by atoms with van der Waals surface area (Å²) in [6.07, 6.45) is 3.82. The Labute approximate surface area is 89.6 Å². The van der Waals surface area contributed by atoms with Crippen LogP contribution in [-0.2, 0) is 14.3 Å². The number of ether oxygens (including phenoxy) is 1. The van der Waals surface area contributed by atoms with Crippen molar-refractivity contribution in [2.24, 2.45) is 11.8 Å². The normalized spacial score (nSPS) is 19.1. The van der Waals surface area contributed by atoms with E-state index in [0.29, 0.717) is 0 Å². The second-order valence-electron chi connectivity index (χ2n) is 4.40. The molecule has 0 amide bonds. The highest BCUT2D eigenvalue weighted by atomic mass is 16.5. The minimum atomic E-state index is -1.09. The Hall–Kier alpha value is -1.06. The third-order valence-electron chi connectivity index (χ3n) is 2.77. The number of hydrogen-bond donors (Lipinski definition) is 1. The lowest BCUT2D eigenvalue weighted by molar-refractivity contribution is -0.164. The molecule has 0 aromatic heterocycles. The number of hydrogen-bond acceptors (Lipinski definition) is 3. The Balaban J connectivity index is 2.52. The number of carboxylic acids is 1. The first-order valence-corrected chi connectivity index (χ1v) is 5.45. The molecular formula is C11H18O4. The molecule has 1 rings (SSSR count). The van der Waals surface area contributed by atoms with Gasteiger partial charge in [0.2, 0.25) is 0 Å². The molecule has 1 saturated carbocycles. The minimum Gasteiger partial charge on any atom is -0.481 e. The highest BCUT2D eigenvalue weighted by Crippen LogP contribution is 2.23. The molecular weight excluding hydrogens is 196 g/mol. The fourth-order valence-corrected chi connectivity index (χ4v) is 1.90. The first-order chi connectivity index (χ1) is 7.02. The standard InChI is InChI=1S/C11H18O4/c1-7(2)9(10(12)13)11(14)15-8-5-3-4-6-8/h7-9H,3-6H2,1-2H3,(H,12,13). The first kappa shape index (κ1) is 12.0. The van der Waals surface area contributed by atoms with Crippen molar-refractivity contribution in [1.82, 2.24) is 0 Å². The largest absolute Gasteiger partial charge is 0.481 e. The molecule has 86 valence electrons. The molecule has 4 nitrogen and oxygen atoms in total. The maximum Gasteiger partial charge on any atom is 0.320 e. The van der Waals surface area contributed by atoms with Crippen molar-refractivity contribution in [2.45, 2.75) is 45.6 Å². The zero-order valence-electron chi connectivity index (χ0n) is 9.23. The summed E-state index contributed by atoms with van der Waals surface area (Å²) in [6.45, 7) is 3.43. The van der Waals surface area contributed by atoms with Crippen LogP contribution in [0, 0.1) is 11.8 Å². The van der Waals surface area contributed by atoms with E-state index in [-0.39, 0.29) is 12.0 Å². The van der Waals surface area contributed by atoms with Gasteiger partial charge < -0.3 is 9.84 Å². The number of carboxylic acid groups (broad SMARTS) is 1. The van der Waals surface area contributed by atoms with Gasteiger partial charge in [-0.2, -0.15) is 0 Å². The van der Waals surface area contributed by atoms with E-state index in [4.69, 9.17) is 9.84 Å². The number of rotatable bonds is 4. The average molecular weight is 214 g/mol. The maximum atomic E-state index is 11.6. The van der Waals surface area contributed by atoms with E-state index in [1.54, 1.807) is 13.8 Å². The number of carbonyl (C=O) groups excluding carboxylic acids is 1. The van der Waals surface area contributed by atoms with Crippen molar-refractivity contribution in [2.75, 3.05) is 0 Å². The summed E-state index contributed by atoms with van der Waals surface area (Å²) in [4.78, 5) is 22.4. The fraction of sp³-hybridized carbons (Fsp3) is 0.818. The zero-order valence-corrected chi connectivity index (χ0v) is 9.23. The summed E-state index contributed by atoms with van der Waals surface area (Å²) < 4.78 is 5.18. The molecule has 1 aliphatic rings. The van der Waals surface area contributed by atoms with Crippen LogP contribution in [0.5, 0.6) is 0 Å². The molecule has 0 aromatic rings. The molecule has 0 aromatic carbocycles. The monoisotopic (exact) mass is 214 g/mol. The second-order valence-corrected chi connectivity index (χ2v) is 4.40. The number of carbonyl (C=O) groups is 2. The smallest absolute Gasteiger partial charge is 0.320 e. The van der Waals surface area contributed by atoms with Crippen molar-refractivity contribution in [1.29, 1.82) is 0 Å². The van der Waals surface area contributed by atoms with Crippen molar-refractivity contribution in [3.8, 4) is 0 Å². The highest BCUT2D eigenvalue weighted by molar-refractivity contribution is 5.94. The van der Waals surface area contributed by atoms with Gasteiger partial charge in [-0.25, -0.2) is 0 Å². The third kappa shape index (κ3) is 3.22. The van der Waals surface area contributed by atoms with E-state index >= 15 is 0 Å². The van der Waals surface area contributed by atoms with Gasteiger partial charge in [0.1, 0.15) is 6.10 Å². The Morgan fingerprint density at radius 1 is 1.27 bits per heavy atom. The van der Waals surface area contributed by atoms with Gasteiger partial charge in [-0.3, -0.25) is 9.59 Å². The van der Waals surface area contributed by atoms with Crippen LogP contribution < -0.4 is 0 Å². The topological polar surface area (TPSA) is 63.6 Å². The summed E-state index contributed by atoms with van der Waals surface area (Å²) in [5.41, 5.74) is 0. The van der Waals surface area contributed by atoms with Crippen molar-refractivity contribution in [3.63, 3.8) is 0 Å². The van der Waals surface area contributed by atoms with Gasteiger partial charge >= 0.3 is 11.9 Å². The second kappa shape index (κ2) is 5.14. The molecule has 15 heavy (non-hydrogen) atoms. The molecule has 0 saturated heterocycles. The Morgan fingerprint density at radius 3 is 2.20 bits per heavy atom. The van der Waals surface area contributed by atoms with Crippen molar-refractivity contribution in [3.05, 3.63) is 0 Å². The maximum absolute atomic E-state index is 11.6. The molecule has 0 heterocycles. The van der Waals surface area contributed by atoms with Crippen molar-refractivity contribution < 1.29 is 19.4 Å². The van der Waals surface area contributed by atoms with E-state index in [2.05, 4.69) is 0 Å². The highest BCUT2D eigenvalue weighted by Gasteiger charge is 2.33. The van der Waals surface area contributed by atoms with Crippen LogP contribution in [0.4, 0.5) is 0 Å². The van der Waals surface area contributed by atoms with Gasteiger partial charge in [0, 0.05) is 0 Å². The molecule has 1 aliphatic carbocycles. The van der Waals surface area contributed by atoms with Crippen LogP contribution in [0.2, 0.25) is 0 Å². The summed E-state index contributed by atoms with van der Waals surface area (Å²) in [6, 6.07) is 0. The van der Waals surface area contributed by atoms with Gasteiger partial charge in [-0.1, -0.05) is 13.8 Å². The lowest BCUT2D eigenvalue weighted by Crippen LogP contribution is -2.32. The van der Waals surface area contributed by atoms with Gasteiger partial charge in [0.15, 0.2) is 5.92 Å². The Kier molecular flexibility index (Phi) is 4.12. The van der Waals surface area contributed by atoms with E-state index in [0.717, 1.165) is 25.7 Å². The molecule has 1 fully saturated rings. The minimum absolute atomic E-state index is 0.0573. The van der Waals surface area contributed by atoms with Gasteiger partial charge in [-0.05, 0) is 31.6 Å². The van der Waals surface area contributed by atoms with Crippen molar-refractivity contribution >= 4 is 11.9 Å². The van der Waals surface area contributed by atoms with Crippen LogP contribution in [0.1, 0.15) is 39.5 Å². The Morgan fingerprint density at radius 2 is 1.80 bits per heavy atom. The third-order valence-corrected chi connectivity index (χ3v) is 2.77. The summed E-state index contributed by atoms with van der Waals surface area (Å²) >= 11 is 0. The Bertz CT molecular complexity index is 241. The molecule has 4 heteroatoms. The van der Waals surface area contributed by atoms with Gasteiger partial charge in [-0.15, -0.1) is 0 Å². The average Bonchev–Trinajstić information content (AvgIpc) is 2.54. The molecule has 1 N–H and O–H groups in total. The lowest BCUT2D eigenvalue weighted by atomic mass is 9.96. The van der Waals surface area contributed by atoms with Crippen LogP contribution in [0.25, 0.3) is 0 Å². The van der Waals surface area contributed by atoms with E-state index in [1.165, 1.54) is 0 Å². The molecule has 1 unspecified atom stereocenters. The number of esters is 1. The molecule has 0 radical (unpaired) electrons. The predicted octanol–water partition coefficient (Wildman–Crippen LogP) is 1.83.